The van der Waals surface area contributed by atoms with E-state index >= 15 is 0 Å². The van der Waals surface area contributed by atoms with Crippen LogP contribution in [0.25, 0.3) is 0 Å². The number of rotatable bonds is 7. The van der Waals surface area contributed by atoms with Crippen molar-refractivity contribution < 1.29 is 9.59 Å². The van der Waals surface area contributed by atoms with Gasteiger partial charge in [-0.05, 0) is 64.8 Å². The molecule has 6 heteroatoms. The maximum absolute atomic E-state index is 12.3. The van der Waals surface area contributed by atoms with E-state index in [-0.39, 0.29) is 17.4 Å². The number of carbonyl (C=O) groups excluding carboxylic acids is 2. The Kier molecular flexibility index (Phi) is 8.45. The number of benzene rings is 1. The summed E-state index contributed by atoms with van der Waals surface area (Å²) in [5.74, 6) is 0.141. The third kappa shape index (κ3) is 8.40. The highest BCUT2D eigenvalue weighted by Gasteiger charge is 2.20. The third-order valence-electron chi connectivity index (χ3n) is 4.91. The topological polar surface area (TPSA) is 64.7 Å². The molecule has 1 aliphatic heterocycles. The second-order valence-corrected chi connectivity index (χ2v) is 8.73. The van der Waals surface area contributed by atoms with E-state index in [1.807, 2.05) is 32.9 Å². The summed E-state index contributed by atoms with van der Waals surface area (Å²) in [6, 6.07) is 8.28. The molecule has 2 rings (SSSR count). The van der Waals surface area contributed by atoms with Gasteiger partial charge in [0.15, 0.2) is 0 Å². The lowest BCUT2D eigenvalue weighted by Crippen LogP contribution is -2.46. The third-order valence-corrected chi connectivity index (χ3v) is 4.91. The summed E-state index contributed by atoms with van der Waals surface area (Å²) < 4.78 is 0. The van der Waals surface area contributed by atoms with Crippen molar-refractivity contribution >= 4 is 11.8 Å². The zero-order valence-electron chi connectivity index (χ0n) is 17.9. The van der Waals surface area contributed by atoms with E-state index in [2.05, 4.69) is 39.5 Å². The molecule has 0 unspecified atom stereocenters. The quantitative estimate of drug-likeness (QED) is 0.744. The maximum Gasteiger partial charge on any atom is 0.234 e. The van der Waals surface area contributed by atoms with Crippen molar-refractivity contribution in [1.82, 2.24) is 20.4 Å². The molecule has 1 aromatic rings. The van der Waals surface area contributed by atoms with Crippen LogP contribution in [0.4, 0.5) is 0 Å². The maximum atomic E-state index is 12.3. The average molecular weight is 389 g/mol. The van der Waals surface area contributed by atoms with Gasteiger partial charge in [-0.3, -0.25) is 19.4 Å². The molecular weight excluding hydrogens is 352 g/mol. The number of hydrogen-bond acceptors (Lipinski definition) is 4. The van der Waals surface area contributed by atoms with Crippen molar-refractivity contribution in [3.05, 3.63) is 35.4 Å². The van der Waals surface area contributed by atoms with Crippen LogP contribution in [-0.4, -0.2) is 73.0 Å². The van der Waals surface area contributed by atoms with Crippen LogP contribution in [0.1, 0.15) is 38.3 Å². The van der Waals surface area contributed by atoms with Gasteiger partial charge in [-0.15, -0.1) is 0 Å². The number of hydrogen-bond donors (Lipinski definition) is 2. The van der Waals surface area contributed by atoms with Crippen molar-refractivity contribution in [2.75, 3.05) is 45.8 Å². The minimum atomic E-state index is -0.203. The summed E-state index contributed by atoms with van der Waals surface area (Å²) in [6.07, 6.45) is 1.83. The van der Waals surface area contributed by atoms with Crippen LogP contribution in [0.5, 0.6) is 0 Å². The molecule has 0 atom stereocenters. The number of aryl methyl sites for hydroxylation is 1. The fraction of sp³-hybridized carbons (Fsp3) is 0.636. The monoisotopic (exact) mass is 388 g/mol. The van der Waals surface area contributed by atoms with E-state index < -0.39 is 0 Å². The lowest BCUT2D eigenvalue weighted by atomic mass is 10.1. The van der Waals surface area contributed by atoms with Gasteiger partial charge in [-0.25, -0.2) is 0 Å². The molecule has 28 heavy (non-hydrogen) atoms. The van der Waals surface area contributed by atoms with Gasteiger partial charge in [0, 0.05) is 25.2 Å². The molecule has 0 aliphatic carbocycles. The summed E-state index contributed by atoms with van der Waals surface area (Å²) in [5, 5.41) is 6.05. The van der Waals surface area contributed by atoms with Crippen molar-refractivity contribution in [2.45, 2.75) is 46.1 Å². The van der Waals surface area contributed by atoms with E-state index in [4.69, 9.17) is 0 Å². The van der Waals surface area contributed by atoms with Crippen LogP contribution in [-0.2, 0) is 16.0 Å². The molecule has 0 aromatic heterocycles. The SMILES string of the molecule is Cc1ccccc1CCNC(=O)CN1CCCN(CC(=O)NC(C)(C)C)CC1. The number of amides is 2. The van der Waals surface area contributed by atoms with Crippen LogP contribution in [0.15, 0.2) is 24.3 Å². The number of carbonyl (C=O) groups is 2. The fourth-order valence-electron chi connectivity index (χ4n) is 3.49. The zero-order valence-corrected chi connectivity index (χ0v) is 17.9. The second kappa shape index (κ2) is 10.6. The molecule has 1 heterocycles. The van der Waals surface area contributed by atoms with Crippen molar-refractivity contribution in [1.29, 1.82) is 0 Å². The average Bonchev–Trinajstić information content (AvgIpc) is 2.80. The van der Waals surface area contributed by atoms with Gasteiger partial charge in [0.2, 0.25) is 11.8 Å². The van der Waals surface area contributed by atoms with Crippen molar-refractivity contribution in [3.8, 4) is 0 Å². The summed E-state index contributed by atoms with van der Waals surface area (Å²) in [6.45, 7) is 13.0. The molecule has 0 bridgehead atoms. The Hall–Kier alpha value is -1.92. The summed E-state index contributed by atoms with van der Waals surface area (Å²) >= 11 is 0. The van der Waals surface area contributed by atoms with E-state index in [0.717, 1.165) is 39.0 Å². The highest BCUT2D eigenvalue weighted by molar-refractivity contribution is 5.79. The number of nitrogens with zero attached hydrogens (tertiary/aromatic N) is 2. The Labute approximate surface area is 169 Å². The van der Waals surface area contributed by atoms with E-state index in [1.54, 1.807) is 0 Å². The van der Waals surface area contributed by atoms with Crippen molar-refractivity contribution in [2.24, 2.45) is 0 Å². The zero-order chi connectivity index (χ0) is 20.6. The molecule has 0 saturated carbocycles. The lowest BCUT2D eigenvalue weighted by molar-refractivity contribution is -0.124. The van der Waals surface area contributed by atoms with Crippen LogP contribution < -0.4 is 10.6 Å². The second-order valence-electron chi connectivity index (χ2n) is 8.73. The first-order chi connectivity index (χ1) is 13.2. The van der Waals surface area contributed by atoms with E-state index in [9.17, 15) is 9.59 Å². The molecule has 1 aromatic carbocycles. The largest absolute Gasteiger partial charge is 0.355 e. The van der Waals surface area contributed by atoms with Gasteiger partial charge in [-0.2, -0.15) is 0 Å². The lowest BCUT2D eigenvalue weighted by Gasteiger charge is -2.25. The molecular formula is C22H36N4O2. The first-order valence-electron chi connectivity index (χ1n) is 10.3. The number of nitrogens with one attached hydrogen (secondary N) is 2. The van der Waals surface area contributed by atoms with Gasteiger partial charge in [0.25, 0.3) is 0 Å². The molecule has 0 radical (unpaired) electrons. The minimum absolute atomic E-state index is 0.0647. The van der Waals surface area contributed by atoms with E-state index in [0.29, 0.717) is 19.6 Å². The smallest absolute Gasteiger partial charge is 0.234 e. The molecule has 1 aliphatic rings. The van der Waals surface area contributed by atoms with Gasteiger partial charge >= 0.3 is 0 Å². The molecule has 2 amide bonds. The molecule has 2 N–H and O–H groups in total. The molecule has 1 fully saturated rings. The van der Waals surface area contributed by atoms with Gasteiger partial charge in [0.1, 0.15) is 0 Å². The molecule has 1 saturated heterocycles. The minimum Gasteiger partial charge on any atom is -0.355 e. The predicted molar refractivity (Wildman–Crippen MR) is 113 cm³/mol. The Morgan fingerprint density at radius 3 is 2.18 bits per heavy atom. The summed E-state index contributed by atoms with van der Waals surface area (Å²) in [7, 11) is 0. The summed E-state index contributed by atoms with van der Waals surface area (Å²) in [4.78, 5) is 28.8. The fourth-order valence-corrected chi connectivity index (χ4v) is 3.49. The summed E-state index contributed by atoms with van der Waals surface area (Å²) in [5.41, 5.74) is 2.34. The van der Waals surface area contributed by atoms with Gasteiger partial charge in [-0.1, -0.05) is 24.3 Å². The standard InChI is InChI=1S/C22H36N4O2/c1-18-8-5-6-9-19(18)10-11-23-20(27)16-25-12-7-13-26(15-14-25)17-21(28)24-22(2,3)4/h5-6,8-9H,7,10-17H2,1-4H3,(H,23,27)(H,24,28). The Morgan fingerprint density at radius 1 is 0.964 bits per heavy atom. The Morgan fingerprint density at radius 2 is 1.57 bits per heavy atom. The van der Waals surface area contributed by atoms with Crippen LogP contribution in [0, 0.1) is 6.92 Å². The van der Waals surface area contributed by atoms with Crippen LogP contribution in [0.2, 0.25) is 0 Å². The van der Waals surface area contributed by atoms with Gasteiger partial charge in [0.05, 0.1) is 13.1 Å². The van der Waals surface area contributed by atoms with Crippen LogP contribution >= 0.6 is 0 Å². The van der Waals surface area contributed by atoms with Gasteiger partial charge < -0.3 is 10.6 Å². The normalized spacial score (nSPS) is 16.4. The molecule has 0 spiro atoms. The highest BCUT2D eigenvalue weighted by Crippen LogP contribution is 2.07. The first-order valence-corrected chi connectivity index (χ1v) is 10.3. The predicted octanol–water partition coefficient (Wildman–Crippen LogP) is 1.58. The first kappa shape index (κ1) is 22.4. The Balaban J connectivity index is 1.68. The molecule has 6 nitrogen and oxygen atoms in total. The van der Waals surface area contributed by atoms with Crippen molar-refractivity contribution in [3.63, 3.8) is 0 Å². The highest BCUT2D eigenvalue weighted by atomic mass is 16.2. The van der Waals surface area contributed by atoms with E-state index in [1.165, 1.54) is 11.1 Å². The van der Waals surface area contributed by atoms with Crippen LogP contribution in [0.3, 0.4) is 0 Å². The molecule has 156 valence electrons. The Bertz CT molecular complexity index is 654.